The van der Waals surface area contributed by atoms with Crippen LogP contribution in [-0.4, -0.2) is 29.1 Å². The number of carboxylic acids is 1. The minimum Gasteiger partial charge on any atom is -0.477 e. The van der Waals surface area contributed by atoms with Gasteiger partial charge in [-0.2, -0.15) is 0 Å². The number of carbonyl (C=O) groups is 1. The summed E-state index contributed by atoms with van der Waals surface area (Å²) in [7, 11) is 0. The summed E-state index contributed by atoms with van der Waals surface area (Å²) in [4.78, 5) is 18.8. The van der Waals surface area contributed by atoms with Crippen molar-refractivity contribution in [2.45, 2.75) is 51.9 Å². The van der Waals surface area contributed by atoms with Gasteiger partial charge < -0.3 is 10.0 Å². The molecule has 1 saturated carbocycles. The molecule has 116 valence electrons. The van der Waals surface area contributed by atoms with Gasteiger partial charge in [0.05, 0.1) is 5.69 Å². The Balaban J connectivity index is 1.80. The number of aromatic carboxylic acids is 1. The number of fused-ring (bicyclic) bond motifs is 1. The first-order chi connectivity index (χ1) is 10.1. The van der Waals surface area contributed by atoms with Crippen molar-refractivity contribution in [3.8, 4) is 0 Å². The van der Waals surface area contributed by atoms with Gasteiger partial charge in [0.15, 0.2) is 5.13 Å². The minimum absolute atomic E-state index is 0.160. The fraction of sp³-hybridized carbons (Fsp3) is 0.750. The normalized spacial score (nSPS) is 26.0. The maximum Gasteiger partial charge on any atom is 0.347 e. The Hall–Kier alpha value is -1.10. The third kappa shape index (κ3) is 2.93. The molecule has 1 saturated heterocycles. The third-order valence-electron chi connectivity index (χ3n) is 4.94. The third-order valence-corrected chi connectivity index (χ3v) is 6.06. The van der Waals surface area contributed by atoms with Gasteiger partial charge in [0.2, 0.25) is 0 Å². The number of thiazole rings is 1. The quantitative estimate of drug-likeness (QED) is 0.917. The SMILES string of the molecule is CC(C)c1nc(N2CCC3CCCCC3C2)sc1C(=O)O. The number of rotatable bonds is 3. The predicted molar refractivity (Wildman–Crippen MR) is 85.4 cm³/mol. The lowest BCUT2D eigenvalue weighted by molar-refractivity contribution is 0.0700. The van der Waals surface area contributed by atoms with Crippen LogP contribution in [0.2, 0.25) is 0 Å². The Morgan fingerprint density at radius 2 is 2.00 bits per heavy atom. The topological polar surface area (TPSA) is 53.4 Å². The van der Waals surface area contributed by atoms with Crippen LogP contribution >= 0.6 is 11.3 Å². The van der Waals surface area contributed by atoms with Crippen molar-refractivity contribution >= 4 is 22.4 Å². The Morgan fingerprint density at radius 1 is 1.29 bits per heavy atom. The highest BCUT2D eigenvalue weighted by Gasteiger charge is 2.33. The van der Waals surface area contributed by atoms with Crippen LogP contribution in [0.25, 0.3) is 0 Å². The van der Waals surface area contributed by atoms with Gasteiger partial charge in [0.1, 0.15) is 4.88 Å². The molecule has 2 aliphatic rings. The van der Waals surface area contributed by atoms with Crippen molar-refractivity contribution < 1.29 is 9.90 Å². The summed E-state index contributed by atoms with van der Waals surface area (Å²) in [5.74, 6) is 0.994. The Labute approximate surface area is 130 Å². The fourth-order valence-electron chi connectivity index (χ4n) is 3.77. The Morgan fingerprint density at radius 3 is 2.62 bits per heavy atom. The molecular formula is C16H24N2O2S. The molecule has 0 radical (unpaired) electrons. The first-order valence-corrected chi connectivity index (χ1v) is 8.87. The van der Waals surface area contributed by atoms with Crippen LogP contribution in [0.4, 0.5) is 5.13 Å². The first kappa shape index (κ1) is 14.8. The molecule has 1 N–H and O–H groups in total. The summed E-state index contributed by atoms with van der Waals surface area (Å²) in [6.45, 7) is 6.12. The van der Waals surface area contributed by atoms with Crippen LogP contribution in [0.15, 0.2) is 0 Å². The lowest BCUT2D eigenvalue weighted by Crippen LogP contribution is -2.41. The highest BCUT2D eigenvalue weighted by molar-refractivity contribution is 7.17. The monoisotopic (exact) mass is 308 g/mol. The first-order valence-electron chi connectivity index (χ1n) is 8.05. The van der Waals surface area contributed by atoms with Crippen molar-refractivity contribution in [1.82, 2.24) is 4.98 Å². The van der Waals surface area contributed by atoms with E-state index in [4.69, 9.17) is 0 Å². The molecule has 2 atom stereocenters. The molecule has 21 heavy (non-hydrogen) atoms. The molecule has 2 fully saturated rings. The van der Waals surface area contributed by atoms with Gasteiger partial charge in [-0.1, -0.05) is 44.4 Å². The van der Waals surface area contributed by atoms with E-state index in [0.29, 0.717) is 4.88 Å². The zero-order valence-electron chi connectivity index (χ0n) is 12.8. The van der Waals surface area contributed by atoms with E-state index >= 15 is 0 Å². The zero-order valence-corrected chi connectivity index (χ0v) is 13.7. The maximum absolute atomic E-state index is 11.4. The standard InChI is InChI=1S/C16H24N2O2S/c1-10(2)13-14(15(19)20)21-16(17-13)18-8-7-11-5-3-4-6-12(11)9-18/h10-12H,3-9H2,1-2H3,(H,19,20). The molecule has 4 nitrogen and oxygen atoms in total. The van der Waals surface area contributed by atoms with Gasteiger partial charge in [-0.25, -0.2) is 9.78 Å². The lowest BCUT2D eigenvalue weighted by Gasteiger charge is -2.41. The molecule has 5 heteroatoms. The van der Waals surface area contributed by atoms with Crippen LogP contribution in [0.3, 0.4) is 0 Å². The second-order valence-corrected chi connectivity index (χ2v) is 7.69. The van der Waals surface area contributed by atoms with E-state index in [1.165, 1.54) is 43.4 Å². The van der Waals surface area contributed by atoms with Crippen LogP contribution in [-0.2, 0) is 0 Å². The largest absolute Gasteiger partial charge is 0.477 e. The zero-order chi connectivity index (χ0) is 15.0. The number of hydrogen-bond acceptors (Lipinski definition) is 4. The van der Waals surface area contributed by atoms with Crippen molar-refractivity contribution in [2.75, 3.05) is 18.0 Å². The number of anilines is 1. The van der Waals surface area contributed by atoms with E-state index in [9.17, 15) is 9.90 Å². The molecule has 1 aliphatic carbocycles. The van der Waals surface area contributed by atoms with Crippen LogP contribution < -0.4 is 4.90 Å². The molecule has 0 spiro atoms. The van der Waals surface area contributed by atoms with Gasteiger partial charge in [0.25, 0.3) is 0 Å². The molecule has 0 bridgehead atoms. The van der Waals surface area contributed by atoms with Gasteiger partial charge >= 0.3 is 5.97 Å². The second kappa shape index (κ2) is 5.95. The number of piperidine rings is 1. The molecule has 0 amide bonds. The summed E-state index contributed by atoms with van der Waals surface area (Å²) in [6, 6.07) is 0. The Bertz CT molecular complexity index is 526. The van der Waals surface area contributed by atoms with Crippen LogP contribution in [0.1, 0.15) is 67.2 Å². The second-order valence-electron chi connectivity index (χ2n) is 6.71. The van der Waals surface area contributed by atoms with E-state index in [-0.39, 0.29) is 5.92 Å². The minimum atomic E-state index is -0.838. The van der Waals surface area contributed by atoms with E-state index in [2.05, 4.69) is 9.88 Å². The molecule has 1 aromatic rings. The van der Waals surface area contributed by atoms with Crippen molar-refractivity contribution in [1.29, 1.82) is 0 Å². The number of nitrogens with zero attached hydrogens (tertiary/aromatic N) is 2. The van der Waals surface area contributed by atoms with Crippen molar-refractivity contribution in [3.05, 3.63) is 10.6 Å². The Kier molecular flexibility index (Phi) is 4.20. The average Bonchev–Trinajstić information content (AvgIpc) is 2.92. The summed E-state index contributed by atoms with van der Waals surface area (Å²) in [5.41, 5.74) is 0.744. The van der Waals surface area contributed by atoms with Gasteiger partial charge in [-0.05, 0) is 30.6 Å². The average molecular weight is 308 g/mol. The highest BCUT2D eigenvalue weighted by atomic mass is 32.1. The number of hydrogen-bond donors (Lipinski definition) is 1. The van der Waals surface area contributed by atoms with E-state index in [1.54, 1.807) is 0 Å². The van der Waals surface area contributed by atoms with E-state index in [1.807, 2.05) is 13.8 Å². The summed E-state index contributed by atoms with van der Waals surface area (Å²) < 4.78 is 0. The van der Waals surface area contributed by atoms with E-state index < -0.39 is 5.97 Å². The summed E-state index contributed by atoms with van der Waals surface area (Å²) >= 11 is 1.36. The number of carboxylic acid groups (broad SMARTS) is 1. The maximum atomic E-state index is 11.4. The van der Waals surface area contributed by atoms with Crippen molar-refractivity contribution in [2.24, 2.45) is 11.8 Å². The van der Waals surface area contributed by atoms with Gasteiger partial charge in [-0.15, -0.1) is 0 Å². The van der Waals surface area contributed by atoms with Crippen LogP contribution in [0.5, 0.6) is 0 Å². The van der Waals surface area contributed by atoms with Gasteiger partial charge in [0, 0.05) is 13.1 Å². The summed E-state index contributed by atoms with van der Waals surface area (Å²) in [5, 5.41) is 10.3. The van der Waals surface area contributed by atoms with Gasteiger partial charge in [-0.3, -0.25) is 0 Å². The molecule has 0 aromatic carbocycles. The molecular weight excluding hydrogens is 284 g/mol. The smallest absolute Gasteiger partial charge is 0.347 e. The molecule has 2 unspecified atom stereocenters. The molecule has 1 aliphatic heterocycles. The lowest BCUT2D eigenvalue weighted by atomic mass is 9.75. The molecule has 1 aromatic heterocycles. The highest BCUT2D eigenvalue weighted by Crippen LogP contribution is 2.39. The predicted octanol–water partition coefficient (Wildman–Crippen LogP) is 3.98. The summed E-state index contributed by atoms with van der Waals surface area (Å²) in [6.07, 6.45) is 6.69. The van der Waals surface area contributed by atoms with Crippen molar-refractivity contribution in [3.63, 3.8) is 0 Å². The van der Waals surface area contributed by atoms with E-state index in [0.717, 1.165) is 35.8 Å². The van der Waals surface area contributed by atoms with Crippen LogP contribution in [0, 0.1) is 11.8 Å². The molecule has 3 rings (SSSR count). The molecule has 2 heterocycles. The number of aromatic nitrogens is 1. The fourth-order valence-corrected chi connectivity index (χ4v) is 4.87.